The summed E-state index contributed by atoms with van der Waals surface area (Å²) >= 11 is 0. The number of nitrogens with one attached hydrogen (secondary N) is 1. The van der Waals surface area contributed by atoms with Gasteiger partial charge < -0.3 is 4.90 Å². The molecule has 1 saturated heterocycles. The smallest absolute Gasteiger partial charge is 0.328 e. The van der Waals surface area contributed by atoms with Gasteiger partial charge in [0, 0.05) is 25.2 Å². The summed E-state index contributed by atoms with van der Waals surface area (Å²) in [5.41, 5.74) is 4.74. The van der Waals surface area contributed by atoms with E-state index in [2.05, 4.69) is 34.2 Å². The van der Waals surface area contributed by atoms with Crippen molar-refractivity contribution in [2.75, 3.05) is 18.0 Å². The van der Waals surface area contributed by atoms with Crippen LogP contribution in [0.2, 0.25) is 0 Å². The lowest BCUT2D eigenvalue weighted by molar-refractivity contribution is 0.522. The molecule has 0 spiro atoms. The van der Waals surface area contributed by atoms with Crippen LogP contribution in [-0.2, 0) is 6.54 Å². The Balaban J connectivity index is 1.79. The molecule has 29 heavy (non-hydrogen) atoms. The fraction of sp³-hybridized carbons (Fsp3) is 0.333. The first-order valence-electron chi connectivity index (χ1n) is 10.5. The Morgan fingerprint density at radius 2 is 1.93 bits per heavy atom. The van der Waals surface area contributed by atoms with Crippen LogP contribution >= 0.6 is 0 Å². The van der Waals surface area contributed by atoms with Crippen LogP contribution in [0.25, 0.3) is 22.0 Å². The predicted molar refractivity (Wildman–Crippen MR) is 118 cm³/mol. The summed E-state index contributed by atoms with van der Waals surface area (Å²) in [7, 11) is 0. The first-order chi connectivity index (χ1) is 14.2. The number of aryl methyl sites for hydroxylation is 1. The van der Waals surface area contributed by atoms with E-state index in [9.17, 15) is 9.59 Å². The van der Waals surface area contributed by atoms with Crippen LogP contribution in [0.15, 0.2) is 63.7 Å². The minimum atomic E-state index is -0.344. The molecule has 5 nitrogen and oxygen atoms in total. The van der Waals surface area contributed by atoms with Gasteiger partial charge in [-0.05, 0) is 43.7 Å². The van der Waals surface area contributed by atoms with E-state index in [1.165, 1.54) is 6.42 Å². The van der Waals surface area contributed by atoms with Crippen LogP contribution < -0.4 is 16.1 Å². The Bertz CT molecular complexity index is 1220. The van der Waals surface area contributed by atoms with Crippen molar-refractivity contribution in [1.29, 1.82) is 0 Å². The van der Waals surface area contributed by atoms with E-state index in [1.807, 2.05) is 31.2 Å². The van der Waals surface area contributed by atoms with Crippen molar-refractivity contribution < 1.29 is 0 Å². The van der Waals surface area contributed by atoms with E-state index < -0.39 is 0 Å². The van der Waals surface area contributed by atoms with E-state index in [-0.39, 0.29) is 11.2 Å². The average Bonchev–Trinajstić information content (AvgIpc) is 3.21. The molecule has 5 rings (SSSR count). The van der Waals surface area contributed by atoms with Crippen molar-refractivity contribution in [3.8, 4) is 11.1 Å². The van der Waals surface area contributed by atoms with Crippen molar-refractivity contribution >= 4 is 16.6 Å². The highest BCUT2D eigenvalue weighted by Gasteiger charge is 2.30. The summed E-state index contributed by atoms with van der Waals surface area (Å²) < 4.78 is 1.65. The van der Waals surface area contributed by atoms with Gasteiger partial charge in [-0.2, -0.15) is 0 Å². The second-order valence-corrected chi connectivity index (χ2v) is 7.97. The summed E-state index contributed by atoms with van der Waals surface area (Å²) in [5.74, 6) is 0.568. The van der Waals surface area contributed by atoms with Gasteiger partial charge in [-0.3, -0.25) is 14.3 Å². The van der Waals surface area contributed by atoms with Gasteiger partial charge >= 0.3 is 5.69 Å². The summed E-state index contributed by atoms with van der Waals surface area (Å²) in [6.07, 6.45) is 5.78. The van der Waals surface area contributed by atoms with Crippen molar-refractivity contribution in [1.82, 2.24) is 9.55 Å². The lowest BCUT2D eigenvalue weighted by atomic mass is 9.91. The third-order valence-electron chi connectivity index (χ3n) is 6.41. The molecule has 2 heterocycles. The molecular weight excluding hydrogens is 362 g/mol. The van der Waals surface area contributed by atoms with Crippen LogP contribution in [0.4, 0.5) is 5.69 Å². The topological polar surface area (TPSA) is 58.1 Å². The number of hydrogen-bond donors (Lipinski definition) is 1. The highest BCUT2D eigenvalue weighted by atomic mass is 16.2. The fourth-order valence-corrected chi connectivity index (χ4v) is 5.02. The molecule has 2 aliphatic rings. The second-order valence-electron chi connectivity index (χ2n) is 7.97. The molecule has 1 fully saturated rings. The van der Waals surface area contributed by atoms with Crippen LogP contribution in [0.1, 0.15) is 26.2 Å². The van der Waals surface area contributed by atoms with Crippen LogP contribution in [-0.4, -0.2) is 22.6 Å². The molecule has 3 aromatic rings. The maximum Gasteiger partial charge on any atom is 0.328 e. The summed E-state index contributed by atoms with van der Waals surface area (Å²) in [5, 5.41) is 0.623. The third kappa shape index (κ3) is 2.92. The number of aromatic amines is 1. The van der Waals surface area contributed by atoms with Gasteiger partial charge in [0.2, 0.25) is 0 Å². The predicted octanol–water partition coefficient (Wildman–Crippen LogP) is 3.92. The highest BCUT2D eigenvalue weighted by Crippen LogP contribution is 2.40. The number of hydrogen-bond acceptors (Lipinski definition) is 3. The molecule has 0 radical (unpaired) electrons. The number of rotatable bonds is 3. The number of H-pyrrole nitrogens is 1. The first-order valence-corrected chi connectivity index (χ1v) is 10.5. The van der Waals surface area contributed by atoms with Gasteiger partial charge in [0.15, 0.2) is 0 Å². The summed E-state index contributed by atoms with van der Waals surface area (Å²) in [4.78, 5) is 30.3. The Morgan fingerprint density at radius 1 is 1.10 bits per heavy atom. The van der Waals surface area contributed by atoms with E-state index >= 15 is 0 Å². The molecule has 1 atom stereocenters. The van der Waals surface area contributed by atoms with Gasteiger partial charge in [-0.25, -0.2) is 4.79 Å². The molecule has 1 unspecified atom stereocenters. The van der Waals surface area contributed by atoms with E-state index in [0.717, 1.165) is 42.7 Å². The van der Waals surface area contributed by atoms with E-state index in [0.29, 0.717) is 23.4 Å². The molecule has 0 saturated carbocycles. The lowest BCUT2D eigenvalue weighted by Gasteiger charge is -2.36. The zero-order valence-electron chi connectivity index (χ0n) is 16.6. The molecule has 0 bridgehead atoms. The summed E-state index contributed by atoms with van der Waals surface area (Å²) in [6.45, 7) is 4.27. The third-order valence-corrected chi connectivity index (χ3v) is 6.41. The minimum absolute atomic E-state index is 0.296. The molecule has 1 aromatic heterocycles. The number of benzene rings is 2. The normalized spacial score (nSPS) is 18.7. The van der Waals surface area contributed by atoms with Crippen molar-refractivity contribution in [3.63, 3.8) is 0 Å². The summed E-state index contributed by atoms with van der Waals surface area (Å²) in [6, 6.07) is 14.2. The van der Waals surface area contributed by atoms with Gasteiger partial charge in [-0.1, -0.05) is 48.0 Å². The Labute approximate surface area is 169 Å². The van der Waals surface area contributed by atoms with Crippen LogP contribution in [0.3, 0.4) is 0 Å². The second kappa shape index (κ2) is 7.07. The standard InChI is InChI=1S/C24H25N3O2/c1-2-27-20-12-11-19(17-7-4-3-5-8-17)22(21(20)23(28)25-24(27)29)26-14-13-16-9-6-10-18(16)15-26/h3-5,7-9,11-12,18H,2,6,10,13-15H2,1H3,(H,25,28,29). The minimum Gasteiger partial charge on any atom is -0.369 e. The molecule has 2 aromatic carbocycles. The van der Waals surface area contributed by atoms with Gasteiger partial charge in [0.05, 0.1) is 16.6 Å². The highest BCUT2D eigenvalue weighted by molar-refractivity contribution is 6.00. The van der Waals surface area contributed by atoms with E-state index in [1.54, 1.807) is 10.1 Å². The average molecular weight is 387 g/mol. The Morgan fingerprint density at radius 3 is 2.72 bits per heavy atom. The number of fused-ring (bicyclic) bond motifs is 2. The van der Waals surface area contributed by atoms with Crippen molar-refractivity contribution in [2.24, 2.45) is 5.92 Å². The molecule has 0 amide bonds. The SMILES string of the molecule is CCn1c(=O)[nH]c(=O)c2c(N3CCC4=CCCC4C3)c(-c3ccccc3)ccc21. The molecule has 1 aliphatic heterocycles. The maximum atomic E-state index is 13.0. The van der Waals surface area contributed by atoms with Crippen LogP contribution in [0.5, 0.6) is 0 Å². The van der Waals surface area contributed by atoms with Crippen LogP contribution in [0, 0.1) is 5.92 Å². The Hall–Kier alpha value is -3.08. The van der Waals surface area contributed by atoms with Crippen molar-refractivity contribution in [3.05, 3.63) is 75.0 Å². The van der Waals surface area contributed by atoms with Gasteiger partial charge in [0.25, 0.3) is 5.56 Å². The zero-order valence-corrected chi connectivity index (χ0v) is 16.6. The molecule has 1 N–H and O–H groups in total. The number of anilines is 1. The lowest BCUT2D eigenvalue weighted by Crippen LogP contribution is -2.38. The fourth-order valence-electron chi connectivity index (χ4n) is 5.02. The maximum absolute atomic E-state index is 13.0. The molecule has 1 aliphatic carbocycles. The molecule has 148 valence electrons. The largest absolute Gasteiger partial charge is 0.369 e. The number of piperidine rings is 1. The van der Waals surface area contributed by atoms with Crippen molar-refractivity contribution in [2.45, 2.75) is 32.7 Å². The monoisotopic (exact) mass is 387 g/mol. The van der Waals surface area contributed by atoms with Gasteiger partial charge in [0.1, 0.15) is 0 Å². The Kier molecular flexibility index (Phi) is 4.38. The zero-order chi connectivity index (χ0) is 20.0. The number of allylic oxidation sites excluding steroid dienone is 1. The molecular formula is C24H25N3O2. The first kappa shape index (κ1) is 18.0. The quantitative estimate of drug-likeness (QED) is 0.693. The van der Waals surface area contributed by atoms with Gasteiger partial charge in [-0.15, -0.1) is 0 Å². The molecule has 5 heteroatoms. The number of aromatic nitrogens is 2. The van der Waals surface area contributed by atoms with E-state index in [4.69, 9.17) is 0 Å². The number of nitrogens with zero attached hydrogens (tertiary/aromatic N) is 2.